The van der Waals surface area contributed by atoms with Gasteiger partial charge in [-0.25, -0.2) is 0 Å². The fraction of sp³-hybridized carbons (Fsp3) is 1.00. The zero-order chi connectivity index (χ0) is 15.5. The molecule has 0 spiro atoms. The lowest BCUT2D eigenvalue weighted by molar-refractivity contribution is 0.319. The van der Waals surface area contributed by atoms with Crippen LogP contribution >= 0.6 is 0 Å². The zero-order valence-electron chi connectivity index (χ0n) is 14.6. The second-order valence-electron chi connectivity index (χ2n) is 7.51. The molecule has 0 aliphatic rings. The first-order valence-corrected chi connectivity index (χ1v) is 19.2. The Morgan fingerprint density at radius 1 is 0.526 bits per heavy atom. The first-order valence-electron chi connectivity index (χ1n) is 7.35. The lowest BCUT2D eigenvalue weighted by Crippen LogP contribution is -2.57. The fourth-order valence-electron chi connectivity index (χ4n) is 2.08. The van der Waals surface area contributed by atoms with Crippen molar-refractivity contribution >= 4 is 33.8 Å². The second-order valence-corrected chi connectivity index (χ2v) is 24.4. The summed E-state index contributed by atoms with van der Waals surface area (Å²) in [5, 5.41) is 0. The lowest BCUT2D eigenvalue weighted by Gasteiger charge is -2.42. The maximum absolute atomic E-state index is 6.58. The van der Waals surface area contributed by atoms with Crippen molar-refractivity contribution in [2.45, 2.75) is 78.3 Å². The highest BCUT2D eigenvalue weighted by atomic mass is 28.5. The van der Waals surface area contributed by atoms with Crippen molar-refractivity contribution in [3.8, 4) is 0 Å². The van der Waals surface area contributed by atoms with Crippen LogP contribution in [0.25, 0.3) is 0 Å². The van der Waals surface area contributed by atoms with Crippen LogP contribution < -0.4 is 0 Å². The minimum atomic E-state index is -2.09. The van der Waals surface area contributed by atoms with Gasteiger partial charge in [-0.05, 0) is 64.5 Å². The summed E-state index contributed by atoms with van der Waals surface area (Å²) in [4.78, 5) is 0. The zero-order valence-corrected chi connectivity index (χ0v) is 18.6. The highest BCUT2D eigenvalue weighted by Gasteiger charge is 2.44. The highest BCUT2D eigenvalue weighted by molar-refractivity contribution is 6.89. The highest BCUT2D eigenvalue weighted by Crippen LogP contribution is 2.28. The van der Waals surface area contributed by atoms with Crippen molar-refractivity contribution in [3.63, 3.8) is 0 Å². The van der Waals surface area contributed by atoms with Crippen molar-refractivity contribution in [1.29, 1.82) is 0 Å². The monoisotopic (exact) mass is 338 g/mol. The number of hydrogen-bond donors (Lipinski definition) is 0. The summed E-state index contributed by atoms with van der Waals surface area (Å²) in [6.45, 7) is 22.2. The fourth-order valence-corrected chi connectivity index (χ4v) is 19.5. The van der Waals surface area contributed by atoms with Gasteiger partial charge in [0.25, 0.3) is 0 Å². The molecule has 0 aliphatic carbocycles. The Labute approximate surface area is 124 Å². The predicted molar refractivity (Wildman–Crippen MR) is 94.1 cm³/mol. The van der Waals surface area contributed by atoms with Crippen LogP contribution in [0, 0.1) is 0 Å². The Morgan fingerprint density at radius 2 is 0.789 bits per heavy atom. The predicted octanol–water partition coefficient (Wildman–Crippen LogP) is 4.89. The number of rotatable bonds is 8. The van der Waals surface area contributed by atoms with E-state index in [1.54, 1.807) is 0 Å². The van der Waals surface area contributed by atoms with Gasteiger partial charge in [0.2, 0.25) is 0 Å². The van der Waals surface area contributed by atoms with E-state index < -0.39 is 33.8 Å². The maximum atomic E-state index is 6.58. The third-order valence-electron chi connectivity index (χ3n) is 2.76. The average Bonchev–Trinajstić information content (AvgIpc) is 2.11. The van der Waals surface area contributed by atoms with Crippen LogP contribution in [0.15, 0.2) is 0 Å². The molecular formula is C12H34O3Si4. The van der Waals surface area contributed by atoms with Crippen molar-refractivity contribution in [2.24, 2.45) is 0 Å². The van der Waals surface area contributed by atoms with Gasteiger partial charge in [0.1, 0.15) is 0 Å². The first-order chi connectivity index (χ1) is 8.24. The van der Waals surface area contributed by atoms with Crippen molar-refractivity contribution < 1.29 is 12.3 Å². The topological polar surface area (TPSA) is 27.7 Å². The van der Waals surface area contributed by atoms with Gasteiger partial charge in [-0.1, -0.05) is 13.8 Å². The van der Waals surface area contributed by atoms with E-state index in [9.17, 15) is 0 Å². The summed E-state index contributed by atoms with van der Waals surface area (Å²) in [6.07, 6.45) is 0. The molecule has 2 unspecified atom stereocenters. The normalized spacial score (nSPS) is 19.9. The van der Waals surface area contributed by atoms with E-state index in [1.165, 1.54) is 0 Å². The summed E-state index contributed by atoms with van der Waals surface area (Å²) >= 11 is 0. The maximum Gasteiger partial charge on any atom is 0.315 e. The van der Waals surface area contributed by atoms with Crippen LogP contribution in [0.5, 0.6) is 0 Å². The molecule has 0 heterocycles. The van der Waals surface area contributed by atoms with Crippen LogP contribution in [-0.4, -0.2) is 33.8 Å². The Kier molecular flexibility index (Phi) is 6.94. The summed E-state index contributed by atoms with van der Waals surface area (Å²) in [5.41, 5.74) is 0. The van der Waals surface area contributed by atoms with Crippen LogP contribution in [0.3, 0.4) is 0 Å². The molecule has 0 saturated carbocycles. The molecule has 7 heteroatoms. The number of hydrogen-bond acceptors (Lipinski definition) is 3. The van der Waals surface area contributed by atoms with Crippen LogP contribution in [0.2, 0.25) is 64.5 Å². The van der Waals surface area contributed by atoms with Gasteiger partial charge < -0.3 is 12.3 Å². The van der Waals surface area contributed by atoms with Gasteiger partial charge in [0, 0.05) is 0 Å². The quantitative estimate of drug-likeness (QED) is 0.590. The molecule has 0 N–H and O–H groups in total. The van der Waals surface area contributed by atoms with Gasteiger partial charge in [0.05, 0.1) is 0 Å². The molecule has 0 radical (unpaired) electrons. The largest absolute Gasteiger partial charge is 0.437 e. The van der Waals surface area contributed by atoms with Gasteiger partial charge in [-0.2, -0.15) is 0 Å². The van der Waals surface area contributed by atoms with Crippen LogP contribution in [0.1, 0.15) is 13.8 Å². The van der Waals surface area contributed by atoms with Gasteiger partial charge in [0.15, 0.2) is 16.6 Å². The minimum Gasteiger partial charge on any atom is -0.437 e. The molecule has 116 valence electrons. The lowest BCUT2D eigenvalue weighted by atomic mass is 11.0. The third-order valence-corrected chi connectivity index (χ3v) is 17.1. The molecule has 0 bridgehead atoms. The summed E-state index contributed by atoms with van der Waals surface area (Å²) < 4.78 is 19.4. The Hall–Kier alpha value is 0.748. The van der Waals surface area contributed by atoms with E-state index in [4.69, 9.17) is 12.3 Å². The van der Waals surface area contributed by atoms with Gasteiger partial charge >= 0.3 is 17.1 Å². The first kappa shape index (κ1) is 19.7. The molecule has 0 amide bonds. The molecule has 0 aliphatic heterocycles. The van der Waals surface area contributed by atoms with Crippen molar-refractivity contribution in [3.05, 3.63) is 0 Å². The molecular weight excluding hydrogens is 304 g/mol. The molecule has 0 fully saturated rings. The smallest absolute Gasteiger partial charge is 0.315 e. The molecule has 0 aromatic rings. The second kappa shape index (κ2) is 6.67. The molecule has 0 aromatic heterocycles. The summed E-state index contributed by atoms with van der Waals surface area (Å²) in [6, 6.07) is 1.99. The van der Waals surface area contributed by atoms with Crippen LogP contribution in [0.4, 0.5) is 0 Å². The van der Waals surface area contributed by atoms with E-state index in [2.05, 4.69) is 66.2 Å². The van der Waals surface area contributed by atoms with E-state index in [-0.39, 0.29) is 0 Å². The Bertz CT molecular complexity index is 260. The van der Waals surface area contributed by atoms with E-state index >= 15 is 0 Å². The molecule has 0 saturated heterocycles. The van der Waals surface area contributed by atoms with Crippen molar-refractivity contribution in [1.82, 2.24) is 0 Å². The van der Waals surface area contributed by atoms with E-state index in [0.29, 0.717) is 0 Å². The molecule has 19 heavy (non-hydrogen) atoms. The van der Waals surface area contributed by atoms with Gasteiger partial charge in [-0.3, -0.25) is 0 Å². The standard InChI is InChI=1S/C12H34O3Si4/c1-11-18(9,13-16(3,4)5)15-19(10,12-2)14-17(6,7)8/h11-12H2,1-10H3. The van der Waals surface area contributed by atoms with E-state index in [0.717, 1.165) is 12.1 Å². The van der Waals surface area contributed by atoms with Crippen molar-refractivity contribution in [2.75, 3.05) is 0 Å². The average molecular weight is 339 g/mol. The molecule has 2 atom stereocenters. The van der Waals surface area contributed by atoms with E-state index in [1.807, 2.05) is 0 Å². The Balaban J connectivity index is 5.00. The van der Waals surface area contributed by atoms with Gasteiger partial charge in [-0.15, -0.1) is 0 Å². The molecule has 0 rings (SSSR count). The minimum absolute atomic E-state index is 0.995. The SMILES string of the molecule is CC[Si](C)(O[Si](C)(C)C)O[Si](C)(CC)O[Si](C)(C)C. The summed E-state index contributed by atoms with van der Waals surface area (Å²) in [5.74, 6) is 0. The summed E-state index contributed by atoms with van der Waals surface area (Å²) in [7, 11) is -7.33. The third kappa shape index (κ3) is 8.59. The molecule has 0 aromatic carbocycles. The molecule has 3 nitrogen and oxygen atoms in total. The Morgan fingerprint density at radius 3 is 0.947 bits per heavy atom. The van der Waals surface area contributed by atoms with Crippen LogP contribution in [-0.2, 0) is 12.3 Å².